The summed E-state index contributed by atoms with van der Waals surface area (Å²) in [7, 11) is 1.93. The van der Waals surface area contributed by atoms with Crippen molar-refractivity contribution in [1.29, 1.82) is 0 Å². The van der Waals surface area contributed by atoms with Crippen molar-refractivity contribution in [2.45, 2.75) is 58.7 Å². The van der Waals surface area contributed by atoms with Crippen molar-refractivity contribution in [2.75, 3.05) is 20.1 Å². The molecule has 0 aliphatic carbocycles. The van der Waals surface area contributed by atoms with Gasteiger partial charge >= 0.3 is 0 Å². The van der Waals surface area contributed by atoms with E-state index in [1.165, 1.54) is 5.56 Å². The molecule has 0 fully saturated rings. The smallest absolute Gasteiger partial charge is 0.245 e. The molecule has 5 nitrogen and oxygen atoms in total. The van der Waals surface area contributed by atoms with Gasteiger partial charge in [-0.2, -0.15) is 0 Å². The number of rotatable bonds is 7. The van der Waals surface area contributed by atoms with E-state index in [9.17, 15) is 4.79 Å². The number of fused-ring (bicyclic) bond motifs is 1. The lowest BCUT2D eigenvalue weighted by Gasteiger charge is -2.37. The Kier molecular flexibility index (Phi) is 6.32. The van der Waals surface area contributed by atoms with Crippen molar-refractivity contribution in [1.82, 2.24) is 19.4 Å². The predicted molar refractivity (Wildman–Crippen MR) is 108 cm³/mol. The maximum absolute atomic E-state index is 13.5. The van der Waals surface area contributed by atoms with Gasteiger partial charge in [-0.25, -0.2) is 4.98 Å². The van der Waals surface area contributed by atoms with E-state index in [0.29, 0.717) is 0 Å². The summed E-state index contributed by atoms with van der Waals surface area (Å²) in [5, 5.41) is 0. The highest BCUT2D eigenvalue weighted by Crippen LogP contribution is 2.33. The van der Waals surface area contributed by atoms with Gasteiger partial charge in [0, 0.05) is 39.1 Å². The van der Waals surface area contributed by atoms with Gasteiger partial charge in [-0.3, -0.25) is 9.69 Å². The summed E-state index contributed by atoms with van der Waals surface area (Å²) in [5.74, 6) is 0.183. The summed E-state index contributed by atoms with van der Waals surface area (Å²) in [4.78, 5) is 22.3. The van der Waals surface area contributed by atoms with Crippen LogP contribution in [0.15, 0.2) is 36.7 Å². The predicted octanol–water partition coefficient (Wildman–Crippen LogP) is 3.82. The molecule has 2 aromatic rings. The monoisotopic (exact) mass is 368 g/mol. The lowest BCUT2D eigenvalue weighted by atomic mass is 9.99. The van der Waals surface area contributed by atoms with Crippen LogP contribution in [0, 0.1) is 0 Å². The van der Waals surface area contributed by atoms with Gasteiger partial charge in [-0.15, -0.1) is 0 Å². The Bertz CT molecular complexity index is 753. The molecule has 27 heavy (non-hydrogen) atoms. The maximum atomic E-state index is 13.5. The van der Waals surface area contributed by atoms with E-state index in [-0.39, 0.29) is 18.0 Å². The van der Waals surface area contributed by atoms with Crippen LogP contribution >= 0.6 is 0 Å². The first kappa shape index (κ1) is 19.6. The third-order valence-corrected chi connectivity index (χ3v) is 5.41. The highest BCUT2D eigenvalue weighted by atomic mass is 16.2. The van der Waals surface area contributed by atoms with E-state index >= 15 is 0 Å². The molecule has 1 aromatic carbocycles. The molecular weight excluding hydrogens is 336 g/mol. The minimum atomic E-state index is -0.263. The van der Waals surface area contributed by atoms with E-state index in [1.807, 2.05) is 24.3 Å². The number of carbonyl (C=O) groups excluding carboxylic acids is 1. The summed E-state index contributed by atoms with van der Waals surface area (Å²) in [6, 6.07) is 10.5. The number of aromatic nitrogens is 2. The van der Waals surface area contributed by atoms with Crippen molar-refractivity contribution in [3.63, 3.8) is 0 Å². The van der Waals surface area contributed by atoms with Gasteiger partial charge in [0.2, 0.25) is 5.91 Å². The molecule has 1 aromatic heterocycles. The quantitative estimate of drug-likeness (QED) is 0.746. The molecule has 1 aliphatic heterocycles. The van der Waals surface area contributed by atoms with Crippen molar-refractivity contribution in [2.24, 2.45) is 0 Å². The lowest BCUT2D eigenvalue weighted by molar-refractivity contribution is -0.137. The van der Waals surface area contributed by atoms with Crippen LogP contribution in [0.5, 0.6) is 0 Å². The molecule has 1 aliphatic rings. The number of nitrogens with zero attached hydrogens (tertiary/aromatic N) is 4. The minimum Gasteiger partial charge on any atom is -0.344 e. The van der Waals surface area contributed by atoms with E-state index in [0.717, 1.165) is 50.3 Å². The Morgan fingerprint density at radius 2 is 2.04 bits per heavy atom. The van der Waals surface area contributed by atoms with Gasteiger partial charge in [0.15, 0.2) is 0 Å². The van der Waals surface area contributed by atoms with Crippen molar-refractivity contribution in [3.8, 4) is 0 Å². The zero-order valence-electron chi connectivity index (χ0n) is 17.1. The molecule has 146 valence electrons. The highest BCUT2D eigenvalue weighted by molar-refractivity contribution is 5.83. The second kappa shape index (κ2) is 8.70. The number of likely N-dealkylation sites (N-methyl/N-ethyl adjacent to an activating group) is 1. The number of hydrogen-bond acceptors (Lipinski definition) is 3. The lowest BCUT2D eigenvalue weighted by Crippen LogP contribution is -2.46. The zero-order valence-corrected chi connectivity index (χ0v) is 17.1. The zero-order chi connectivity index (χ0) is 19.4. The summed E-state index contributed by atoms with van der Waals surface area (Å²) < 4.78 is 2.18. The number of imidazole rings is 1. The Labute approximate surface area is 163 Å². The van der Waals surface area contributed by atoms with E-state index < -0.39 is 0 Å². The fourth-order valence-electron chi connectivity index (χ4n) is 3.84. The molecule has 0 unspecified atom stereocenters. The first-order valence-electron chi connectivity index (χ1n) is 10.1. The third kappa shape index (κ3) is 4.24. The van der Waals surface area contributed by atoms with Gasteiger partial charge in [0.1, 0.15) is 6.04 Å². The van der Waals surface area contributed by atoms with Crippen LogP contribution in [-0.2, 0) is 17.8 Å². The Morgan fingerprint density at radius 3 is 2.70 bits per heavy atom. The summed E-state index contributed by atoms with van der Waals surface area (Å²) in [5.41, 5.74) is 3.40. The van der Waals surface area contributed by atoms with Crippen LogP contribution in [-0.4, -0.2) is 45.4 Å². The highest BCUT2D eigenvalue weighted by Gasteiger charge is 2.38. The number of carbonyl (C=O) groups is 1. The second-order valence-corrected chi connectivity index (χ2v) is 7.80. The van der Waals surface area contributed by atoms with E-state index in [4.69, 9.17) is 0 Å². The molecule has 3 rings (SSSR count). The average Bonchev–Trinajstić information content (AvgIpc) is 3.10. The number of hydrogen-bond donors (Lipinski definition) is 0. The Morgan fingerprint density at radius 1 is 1.30 bits per heavy atom. The molecule has 1 atom stereocenters. The largest absolute Gasteiger partial charge is 0.344 e. The van der Waals surface area contributed by atoms with Crippen LogP contribution in [0.1, 0.15) is 62.6 Å². The molecule has 0 spiro atoms. The molecule has 5 heteroatoms. The summed E-state index contributed by atoms with van der Waals surface area (Å²) in [6.07, 6.45) is 4.92. The third-order valence-electron chi connectivity index (χ3n) is 5.41. The molecular formula is C22H32N4O. The normalized spacial score (nSPS) is 17.1. The topological polar surface area (TPSA) is 41.4 Å². The van der Waals surface area contributed by atoms with Crippen LogP contribution in [0.2, 0.25) is 0 Å². The molecule has 0 N–H and O–H groups in total. The van der Waals surface area contributed by atoms with Gasteiger partial charge in [-0.05, 0) is 25.8 Å². The average molecular weight is 369 g/mol. The summed E-state index contributed by atoms with van der Waals surface area (Å²) in [6.45, 7) is 8.90. The van der Waals surface area contributed by atoms with Gasteiger partial charge in [0.25, 0.3) is 0 Å². The van der Waals surface area contributed by atoms with Crippen molar-refractivity contribution < 1.29 is 4.79 Å². The standard InChI is InChI=1S/C22H32N4O/c1-5-6-13-24(4)22(27)21-20-19(23-16-26(20)17(2)3)12-14-25(21)15-18-10-8-7-9-11-18/h7-11,16-17,21H,5-6,12-15H2,1-4H3/t21-/m0/s1. The molecule has 0 saturated heterocycles. The SMILES string of the molecule is CCCCN(C)C(=O)[C@@H]1c2c(ncn2C(C)C)CCN1Cc1ccccc1. The van der Waals surface area contributed by atoms with Crippen LogP contribution in [0.25, 0.3) is 0 Å². The molecule has 0 saturated carbocycles. The fraction of sp³-hybridized carbons (Fsp3) is 0.545. The molecule has 1 amide bonds. The van der Waals surface area contributed by atoms with Crippen molar-refractivity contribution >= 4 is 5.91 Å². The van der Waals surface area contributed by atoms with Crippen molar-refractivity contribution in [3.05, 3.63) is 53.6 Å². The maximum Gasteiger partial charge on any atom is 0.245 e. The van der Waals surface area contributed by atoms with E-state index in [2.05, 4.69) is 59.5 Å². The second-order valence-electron chi connectivity index (χ2n) is 7.80. The summed E-state index contributed by atoms with van der Waals surface area (Å²) >= 11 is 0. The Hall–Kier alpha value is -2.14. The van der Waals surface area contributed by atoms with Gasteiger partial charge in [-0.1, -0.05) is 43.7 Å². The first-order valence-corrected chi connectivity index (χ1v) is 10.1. The number of amides is 1. The van der Waals surface area contributed by atoms with Gasteiger partial charge in [0.05, 0.1) is 17.7 Å². The first-order chi connectivity index (χ1) is 13.0. The van der Waals surface area contributed by atoms with E-state index in [1.54, 1.807) is 0 Å². The van der Waals surface area contributed by atoms with Crippen LogP contribution in [0.3, 0.4) is 0 Å². The number of benzene rings is 1. The van der Waals surface area contributed by atoms with Crippen LogP contribution in [0.4, 0.5) is 0 Å². The fourth-order valence-corrected chi connectivity index (χ4v) is 3.84. The number of unbranched alkanes of at least 4 members (excludes halogenated alkanes) is 1. The van der Waals surface area contributed by atoms with Crippen LogP contribution < -0.4 is 0 Å². The Balaban J connectivity index is 1.95. The molecule has 2 heterocycles. The molecule has 0 bridgehead atoms. The van der Waals surface area contributed by atoms with Gasteiger partial charge < -0.3 is 9.47 Å². The minimum absolute atomic E-state index is 0.183. The molecule has 0 radical (unpaired) electrons.